The van der Waals surface area contributed by atoms with Crippen molar-refractivity contribution in [3.63, 3.8) is 0 Å². The first-order valence-corrected chi connectivity index (χ1v) is 5.91. The molecule has 84 valence electrons. The molecule has 4 heteroatoms. The second-order valence-corrected chi connectivity index (χ2v) is 4.39. The van der Waals surface area contributed by atoms with Gasteiger partial charge in [-0.3, -0.25) is 4.98 Å². The fourth-order valence-electron chi connectivity index (χ4n) is 1.72. The zero-order chi connectivity index (χ0) is 11.5. The Morgan fingerprint density at radius 1 is 1.12 bits per heavy atom. The van der Waals surface area contributed by atoms with Crippen LogP contribution in [0.3, 0.4) is 0 Å². The van der Waals surface area contributed by atoms with Crippen molar-refractivity contribution < 1.29 is 0 Å². The third kappa shape index (κ3) is 2.14. The summed E-state index contributed by atoms with van der Waals surface area (Å²) in [6.45, 7) is 0.666. The number of pyridine rings is 1. The average molecular weight is 255 g/mol. The molecule has 0 amide bonds. The number of hydrogen-bond donors (Lipinski definition) is 1. The van der Waals surface area contributed by atoms with E-state index < -0.39 is 0 Å². The van der Waals surface area contributed by atoms with Gasteiger partial charge in [0.15, 0.2) is 0 Å². The topological polar surface area (TPSA) is 38.9 Å². The third-order valence-electron chi connectivity index (χ3n) is 2.53. The minimum atomic E-state index is 0.574. The fourth-order valence-corrected chi connectivity index (χ4v) is 2.11. The van der Waals surface area contributed by atoms with Crippen molar-refractivity contribution in [2.45, 2.75) is 12.8 Å². The molecule has 0 aliphatic rings. The second kappa shape index (κ2) is 5.00. The molecule has 2 N–H and O–H groups in total. The molecule has 0 saturated heterocycles. The molecule has 0 bridgehead atoms. The van der Waals surface area contributed by atoms with Gasteiger partial charge in [0.2, 0.25) is 0 Å². The third-order valence-corrected chi connectivity index (χ3v) is 3.35. The first kappa shape index (κ1) is 11.6. The maximum absolute atomic E-state index is 6.15. The first-order chi connectivity index (χ1) is 7.74. The lowest BCUT2D eigenvalue weighted by Gasteiger charge is -2.07. The van der Waals surface area contributed by atoms with Gasteiger partial charge in [-0.05, 0) is 31.5 Å². The summed E-state index contributed by atoms with van der Waals surface area (Å²) in [5, 5.41) is 3.18. The largest absolute Gasteiger partial charge is 0.330 e. The molecule has 0 fully saturated rings. The number of nitrogens with two attached hydrogens (primary N) is 1. The maximum atomic E-state index is 6.15. The number of hydrogen-bond acceptors (Lipinski definition) is 2. The normalized spacial score (nSPS) is 10.9. The standard InChI is InChI=1S/C12H12Cl2N2/c13-10-4-3-8-9(12(10)14)5-7-16-11(8)2-1-6-15/h3-5,7H,1-2,6,15H2. The lowest BCUT2D eigenvalue weighted by molar-refractivity contribution is 0.817. The Balaban J connectivity index is 2.56. The van der Waals surface area contributed by atoms with Crippen LogP contribution in [0, 0.1) is 0 Å². The second-order valence-electron chi connectivity index (χ2n) is 3.61. The van der Waals surface area contributed by atoms with Crippen LogP contribution in [-0.2, 0) is 6.42 Å². The highest BCUT2D eigenvalue weighted by molar-refractivity contribution is 6.45. The van der Waals surface area contributed by atoms with Gasteiger partial charge in [0.1, 0.15) is 0 Å². The Kier molecular flexibility index (Phi) is 3.64. The monoisotopic (exact) mass is 254 g/mol. The van der Waals surface area contributed by atoms with E-state index in [9.17, 15) is 0 Å². The zero-order valence-electron chi connectivity index (χ0n) is 8.71. The molecule has 0 atom stereocenters. The van der Waals surface area contributed by atoms with E-state index in [0.29, 0.717) is 16.6 Å². The van der Waals surface area contributed by atoms with Crippen LogP contribution in [0.4, 0.5) is 0 Å². The summed E-state index contributed by atoms with van der Waals surface area (Å²) < 4.78 is 0. The number of halogens is 2. The van der Waals surface area contributed by atoms with E-state index in [2.05, 4.69) is 4.98 Å². The van der Waals surface area contributed by atoms with E-state index in [0.717, 1.165) is 29.3 Å². The Bertz CT molecular complexity index is 512. The molecule has 0 saturated carbocycles. The summed E-state index contributed by atoms with van der Waals surface area (Å²) in [4.78, 5) is 4.36. The van der Waals surface area contributed by atoms with E-state index in [1.165, 1.54) is 0 Å². The van der Waals surface area contributed by atoms with Crippen LogP contribution in [0.25, 0.3) is 10.8 Å². The van der Waals surface area contributed by atoms with Crippen LogP contribution in [-0.4, -0.2) is 11.5 Å². The molecular formula is C12H12Cl2N2. The van der Waals surface area contributed by atoms with Crippen LogP contribution in [0.15, 0.2) is 24.4 Å². The van der Waals surface area contributed by atoms with E-state index >= 15 is 0 Å². The molecular weight excluding hydrogens is 243 g/mol. The summed E-state index contributed by atoms with van der Waals surface area (Å²) in [6.07, 6.45) is 3.55. The van der Waals surface area contributed by atoms with Crippen LogP contribution < -0.4 is 5.73 Å². The SMILES string of the molecule is NCCCc1nccc2c(Cl)c(Cl)ccc12. The van der Waals surface area contributed by atoms with Crippen molar-refractivity contribution in [2.75, 3.05) is 6.54 Å². The van der Waals surface area contributed by atoms with Crippen molar-refractivity contribution in [1.29, 1.82) is 0 Å². The molecule has 1 aromatic heterocycles. The van der Waals surface area contributed by atoms with Gasteiger partial charge < -0.3 is 5.73 Å². The van der Waals surface area contributed by atoms with Gasteiger partial charge in [-0.1, -0.05) is 29.3 Å². The van der Waals surface area contributed by atoms with Crippen molar-refractivity contribution in [2.24, 2.45) is 5.73 Å². The minimum absolute atomic E-state index is 0.574. The average Bonchev–Trinajstić information content (AvgIpc) is 2.31. The molecule has 16 heavy (non-hydrogen) atoms. The van der Waals surface area contributed by atoms with Gasteiger partial charge in [-0.2, -0.15) is 0 Å². The molecule has 0 aliphatic heterocycles. The van der Waals surface area contributed by atoms with Gasteiger partial charge in [0.05, 0.1) is 10.0 Å². The first-order valence-electron chi connectivity index (χ1n) is 5.15. The highest BCUT2D eigenvalue weighted by Crippen LogP contribution is 2.31. The Labute approximate surface area is 104 Å². The highest BCUT2D eigenvalue weighted by Gasteiger charge is 2.07. The Hall–Kier alpha value is -0.830. The molecule has 1 heterocycles. The lowest BCUT2D eigenvalue weighted by atomic mass is 10.1. The van der Waals surface area contributed by atoms with Crippen molar-refractivity contribution >= 4 is 34.0 Å². The number of nitrogens with zero attached hydrogens (tertiary/aromatic N) is 1. The minimum Gasteiger partial charge on any atom is -0.330 e. The van der Waals surface area contributed by atoms with Crippen LogP contribution in [0.2, 0.25) is 10.0 Å². The quantitative estimate of drug-likeness (QED) is 0.912. The van der Waals surface area contributed by atoms with Gasteiger partial charge in [0.25, 0.3) is 0 Å². The lowest BCUT2D eigenvalue weighted by Crippen LogP contribution is -2.02. The van der Waals surface area contributed by atoms with Crippen molar-refractivity contribution in [3.05, 3.63) is 40.1 Å². The maximum Gasteiger partial charge on any atom is 0.0671 e. The van der Waals surface area contributed by atoms with Gasteiger partial charge >= 0.3 is 0 Å². The molecule has 1 aromatic carbocycles. The van der Waals surface area contributed by atoms with E-state index in [-0.39, 0.29) is 0 Å². The number of benzene rings is 1. The molecule has 0 unspecified atom stereocenters. The molecule has 2 rings (SSSR count). The van der Waals surface area contributed by atoms with Crippen LogP contribution in [0.5, 0.6) is 0 Å². The number of fused-ring (bicyclic) bond motifs is 1. The molecule has 0 spiro atoms. The molecule has 2 aromatic rings. The summed E-state index contributed by atoms with van der Waals surface area (Å²) in [6, 6.07) is 5.65. The smallest absolute Gasteiger partial charge is 0.0671 e. The molecule has 0 aliphatic carbocycles. The summed E-state index contributed by atoms with van der Waals surface area (Å²) >= 11 is 12.1. The summed E-state index contributed by atoms with van der Waals surface area (Å²) in [7, 11) is 0. The fraction of sp³-hybridized carbons (Fsp3) is 0.250. The Morgan fingerprint density at radius 2 is 1.94 bits per heavy atom. The van der Waals surface area contributed by atoms with Crippen LogP contribution >= 0.6 is 23.2 Å². The molecule has 0 radical (unpaired) electrons. The van der Waals surface area contributed by atoms with Gasteiger partial charge in [0, 0.05) is 22.7 Å². The Morgan fingerprint density at radius 3 is 2.69 bits per heavy atom. The number of aryl methyl sites for hydroxylation is 1. The van der Waals surface area contributed by atoms with Crippen molar-refractivity contribution in [1.82, 2.24) is 4.98 Å². The predicted molar refractivity (Wildman–Crippen MR) is 69.1 cm³/mol. The highest BCUT2D eigenvalue weighted by atomic mass is 35.5. The van der Waals surface area contributed by atoms with Crippen molar-refractivity contribution in [3.8, 4) is 0 Å². The van der Waals surface area contributed by atoms with Gasteiger partial charge in [-0.25, -0.2) is 0 Å². The van der Waals surface area contributed by atoms with E-state index in [1.807, 2.05) is 12.1 Å². The zero-order valence-corrected chi connectivity index (χ0v) is 10.2. The number of rotatable bonds is 3. The van der Waals surface area contributed by atoms with Gasteiger partial charge in [-0.15, -0.1) is 0 Å². The van der Waals surface area contributed by atoms with E-state index in [4.69, 9.17) is 28.9 Å². The van der Waals surface area contributed by atoms with E-state index in [1.54, 1.807) is 12.3 Å². The predicted octanol–water partition coefficient (Wildman–Crippen LogP) is 3.43. The summed E-state index contributed by atoms with van der Waals surface area (Å²) in [5.41, 5.74) is 6.53. The summed E-state index contributed by atoms with van der Waals surface area (Å²) in [5.74, 6) is 0. The van der Waals surface area contributed by atoms with Crippen LogP contribution in [0.1, 0.15) is 12.1 Å². The number of aromatic nitrogens is 1. The molecule has 2 nitrogen and oxygen atoms in total.